The average molecular weight is 399 g/mol. The summed E-state index contributed by atoms with van der Waals surface area (Å²) in [4.78, 5) is 24.9. The van der Waals surface area contributed by atoms with E-state index in [2.05, 4.69) is 10.6 Å². The third kappa shape index (κ3) is 7.49. The first-order valence-electron chi connectivity index (χ1n) is 10.0. The van der Waals surface area contributed by atoms with Crippen molar-refractivity contribution in [2.75, 3.05) is 6.54 Å². The van der Waals surface area contributed by atoms with E-state index in [0.717, 1.165) is 0 Å². The van der Waals surface area contributed by atoms with Crippen LogP contribution in [0.5, 0.6) is 11.5 Å². The van der Waals surface area contributed by atoms with Gasteiger partial charge < -0.3 is 20.1 Å². The highest BCUT2D eigenvalue weighted by Gasteiger charge is 2.22. The normalized spacial score (nSPS) is 13.6. The summed E-state index contributed by atoms with van der Waals surface area (Å²) in [5.41, 5.74) is 0. The Kier molecular flexibility index (Phi) is 9.02. The van der Waals surface area contributed by atoms with E-state index in [-0.39, 0.29) is 17.9 Å². The van der Waals surface area contributed by atoms with Gasteiger partial charge in [-0.25, -0.2) is 0 Å². The van der Waals surface area contributed by atoms with Crippen molar-refractivity contribution in [3.05, 3.63) is 60.7 Å². The van der Waals surface area contributed by atoms with Crippen LogP contribution in [0.25, 0.3) is 0 Å². The first kappa shape index (κ1) is 22.3. The number of carbonyl (C=O) groups is 2. The van der Waals surface area contributed by atoms with E-state index in [1.807, 2.05) is 81.4 Å². The van der Waals surface area contributed by atoms with Gasteiger partial charge in [0.1, 0.15) is 11.5 Å². The molecular weight excluding hydrogens is 368 g/mol. The summed E-state index contributed by atoms with van der Waals surface area (Å²) in [7, 11) is 0. The number of rotatable bonds is 11. The molecule has 0 aromatic heterocycles. The lowest BCUT2D eigenvalue weighted by molar-refractivity contribution is -0.130. The summed E-state index contributed by atoms with van der Waals surface area (Å²) in [6, 6.07) is 18.3. The second kappa shape index (κ2) is 11.7. The van der Waals surface area contributed by atoms with Gasteiger partial charge in [-0.3, -0.25) is 9.59 Å². The molecule has 0 aliphatic rings. The minimum absolute atomic E-state index is 0.203. The van der Waals surface area contributed by atoms with Gasteiger partial charge in [-0.1, -0.05) is 50.2 Å². The molecule has 156 valence electrons. The van der Waals surface area contributed by atoms with Crippen molar-refractivity contribution < 1.29 is 19.1 Å². The molecule has 6 nitrogen and oxygen atoms in total. The third-order valence-electron chi connectivity index (χ3n) is 4.34. The molecule has 0 spiro atoms. The summed E-state index contributed by atoms with van der Waals surface area (Å²) >= 11 is 0. The molecule has 2 N–H and O–H groups in total. The van der Waals surface area contributed by atoms with Gasteiger partial charge in [0.05, 0.1) is 0 Å². The first-order valence-corrected chi connectivity index (χ1v) is 10.0. The van der Waals surface area contributed by atoms with Crippen LogP contribution in [0.1, 0.15) is 33.6 Å². The predicted molar refractivity (Wildman–Crippen MR) is 113 cm³/mol. The Morgan fingerprint density at radius 2 is 1.24 bits per heavy atom. The molecule has 0 aliphatic carbocycles. The zero-order valence-electron chi connectivity index (χ0n) is 17.3. The van der Waals surface area contributed by atoms with E-state index in [4.69, 9.17) is 9.47 Å². The van der Waals surface area contributed by atoms with Gasteiger partial charge in [0.25, 0.3) is 11.8 Å². The molecule has 2 aromatic rings. The number of benzene rings is 2. The smallest absolute Gasteiger partial charge is 0.261 e. The van der Waals surface area contributed by atoms with Crippen LogP contribution in [0.4, 0.5) is 0 Å². The highest BCUT2D eigenvalue weighted by molar-refractivity contribution is 5.82. The Balaban J connectivity index is 1.80. The average Bonchev–Trinajstić information content (AvgIpc) is 2.75. The summed E-state index contributed by atoms with van der Waals surface area (Å²) in [6.45, 7) is 5.94. The van der Waals surface area contributed by atoms with E-state index < -0.39 is 12.2 Å². The summed E-state index contributed by atoms with van der Waals surface area (Å²) in [6.07, 6.45) is -0.0714. The molecule has 0 aliphatic heterocycles. The topological polar surface area (TPSA) is 76.7 Å². The van der Waals surface area contributed by atoms with Crippen LogP contribution in [0, 0.1) is 0 Å². The van der Waals surface area contributed by atoms with Crippen molar-refractivity contribution >= 4 is 11.8 Å². The molecule has 3 atom stereocenters. The SMILES string of the molecule is CC[C@H](Oc1ccccc1)C(=O)NC[C@H](C)NC(=O)[C@@H](CC)Oc1ccccc1. The van der Waals surface area contributed by atoms with Crippen molar-refractivity contribution in [3.8, 4) is 11.5 Å². The molecule has 2 aromatic carbocycles. The predicted octanol–water partition coefficient (Wildman–Crippen LogP) is 3.32. The highest BCUT2D eigenvalue weighted by atomic mass is 16.5. The molecule has 2 amide bonds. The number of ether oxygens (including phenoxy) is 2. The number of hydrogen-bond donors (Lipinski definition) is 2. The van der Waals surface area contributed by atoms with E-state index in [0.29, 0.717) is 30.9 Å². The molecule has 0 radical (unpaired) electrons. The van der Waals surface area contributed by atoms with E-state index in [1.165, 1.54) is 0 Å². The van der Waals surface area contributed by atoms with Crippen LogP contribution in [-0.4, -0.2) is 36.6 Å². The van der Waals surface area contributed by atoms with Gasteiger partial charge in [-0.15, -0.1) is 0 Å². The molecule has 0 bridgehead atoms. The number of amides is 2. The van der Waals surface area contributed by atoms with E-state index >= 15 is 0 Å². The molecule has 0 saturated carbocycles. The standard InChI is InChI=1S/C23H30N2O4/c1-4-20(28-18-12-8-6-9-13-18)22(26)24-16-17(3)25-23(27)21(5-2)29-19-14-10-7-11-15-19/h6-15,17,20-21H,4-5,16H2,1-3H3,(H,24,26)(H,25,27)/t17-,20-,21+/m0/s1. The van der Waals surface area contributed by atoms with Gasteiger partial charge in [-0.2, -0.15) is 0 Å². The van der Waals surface area contributed by atoms with Crippen LogP contribution in [0.15, 0.2) is 60.7 Å². The van der Waals surface area contributed by atoms with Crippen molar-refractivity contribution in [1.29, 1.82) is 0 Å². The number of carbonyl (C=O) groups excluding carboxylic acids is 2. The number of nitrogens with one attached hydrogen (secondary N) is 2. The zero-order valence-corrected chi connectivity index (χ0v) is 17.3. The van der Waals surface area contributed by atoms with Crippen molar-refractivity contribution in [3.63, 3.8) is 0 Å². The van der Waals surface area contributed by atoms with Gasteiger partial charge in [-0.05, 0) is 44.0 Å². The monoisotopic (exact) mass is 398 g/mol. The molecular formula is C23H30N2O4. The zero-order chi connectivity index (χ0) is 21.1. The van der Waals surface area contributed by atoms with E-state index in [9.17, 15) is 9.59 Å². The van der Waals surface area contributed by atoms with Gasteiger partial charge in [0.2, 0.25) is 0 Å². The summed E-state index contributed by atoms with van der Waals surface area (Å²) in [5.74, 6) is 0.898. The fraction of sp³-hybridized carbons (Fsp3) is 0.391. The van der Waals surface area contributed by atoms with Crippen LogP contribution in [0.2, 0.25) is 0 Å². The second-order valence-corrected chi connectivity index (χ2v) is 6.81. The largest absolute Gasteiger partial charge is 0.481 e. The summed E-state index contributed by atoms with van der Waals surface area (Å²) < 4.78 is 11.5. The molecule has 29 heavy (non-hydrogen) atoms. The van der Waals surface area contributed by atoms with Crippen LogP contribution in [0.3, 0.4) is 0 Å². The Bertz CT molecular complexity index is 752. The third-order valence-corrected chi connectivity index (χ3v) is 4.34. The lowest BCUT2D eigenvalue weighted by Crippen LogP contribution is -2.48. The molecule has 0 fully saturated rings. The quantitative estimate of drug-likeness (QED) is 0.609. The molecule has 0 heterocycles. The minimum atomic E-state index is -0.583. The second-order valence-electron chi connectivity index (χ2n) is 6.81. The maximum atomic E-state index is 12.5. The van der Waals surface area contributed by atoms with Gasteiger partial charge in [0, 0.05) is 12.6 Å². The molecule has 0 saturated heterocycles. The maximum Gasteiger partial charge on any atom is 0.261 e. The molecule has 2 rings (SSSR count). The van der Waals surface area contributed by atoms with Crippen molar-refractivity contribution in [2.24, 2.45) is 0 Å². The Morgan fingerprint density at radius 1 is 0.793 bits per heavy atom. The van der Waals surface area contributed by atoms with Crippen LogP contribution in [-0.2, 0) is 9.59 Å². The van der Waals surface area contributed by atoms with Crippen LogP contribution >= 0.6 is 0 Å². The summed E-state index contributed by atoms with van der Waals surface area (Å²) in [5, 5.41) is 5.74. The minimum Gasteiger partial charge on any atom is -0.481 e. The Labute approximate surface area is 172 Å². The lowest BCUT2D eigenvalue weighted by atomic mass is 10.2. The van der Waals surface area contributed by atoms with Gasteiger partial charge in [0.15, 0.2) is 12.2 Å². The Hall–Kier alpha value is -3.02. The Morgan fingerprint density at radius 3 is 1.69 bits per heavy atom. The fourth-order valence-corrected chi connectivity index (χ4v) is 2.73. The van der Waals surface area contributed by atoms with Crippen molar-refractivity contribution in [1.82, 2.24) is 10.6 Å². The molecule has 6 heteroatoms. The first-order chi connectivity index (χ1) is 14.0. The number of hydrogen-bond acceptors (Lipinski definition) is 4. The van der Waals surface area contributed by atoms with Crippen LogP contribution < -0.4 is 20.1 Å². The van der Waals surface area contributed by atoms with Crippen molar-refractivity contribution in [2.45, 2.75) is 51.9 Å². The van der Waals surface area contributed by atoms with Gasteiger partial charge >= 0.3 is 0 Å². The molecule has 0 unspecified atom stereocenters. The number of para-hydroxylation sites is 2. The highest BCUT2D eigenvalue weighted by Crippen LogP contribution is 2.13. The fourth-order valence-electron chi connectivity index (χ4n) is 2.73. The van der Waals surface area contributed by atoms with E-state index in [1.54, 1.807) is 0 Å². The lowest BCUT2D eigenvalue weighted by Gasteiger charge is -2.22. The maximum absolute atomic E-state index is 12.5.